The van der Waals surface area contributed by atoms with Gasteiger partial charge in [-0.15, -0.1) is 0 Å². The molecule has 9 rings (SSSR count). The number of nitrogen functional groups attached to an aromatic ring is 1. The van der Waals surface area contributed by atoms with Crippen LogP contribution in [0.15, 0.2) is 54.6 Å². The van der Waals surface area contributed by atoms with Gasteiger partial charge in [0.15, 0.2) is 0 Å². The molecule has 0 atom stereocenters. The molecule has 266 valence electrons. The first-order valence-corrected chi connectivity index (χ1v) is 19.0. The highest BCUT2D eigenvalue weighted by atomic mass is 16.5. The molecular weight excluding hydrogens is 651 g/mol. The fourth-order valence-corrected chi connectivity index (χ4v) is 9.36. The Morgan fingerprint density at radius 1 is 0.885 bits per heavy atom. The molecule has 0 unspecified atom stereocenters. The molecule has 0 aliphatic carbocycles. The number of hydrogen-bond acceptors (Lipinski definition) is 6. The number of anilines is 3. The van der Waals surface area contributed by atoms with E-state index < -0.39 is 5.97 Å². The number of fused-ring (bicyclic) bond motifs is 4. The Hall–Kier alpha value is -5.31. The Labute approximate surface area is 304 Å². The molecule has 0 radical (unpaired) electrons. The summed E-state index contributed by atoms with van der Waals surface area (Å²) in [6.07, 6.45) is 8.89. The van der Waals surface area contributed by atoms with Crippen LogP contribution in [0.2, 0.25) is 0 Å². The number of carboxylic acids is 1. The minimum absolute atomic E-state index is 0.191. The molecule has 9 heteroatoms. The SMILES string of the molecule is CN(CCCNC(=O)c1ccc(C(=O)O)c(C2=c3cc4c5c(c3Oc3c2cc2c6c3CCCN6CCC2)CCC[N+]=5CCC4)c1)c1ccc(N)cc1. The van der Waals surface area contributed by atoms with Crippen LogP contribution in [0.1, 0.15) is 86.2 Å². The molecule has 0 spiro atoms. The largest absolute Gasteiger partial charge is 0.478 e. The number of hydrogen-bond donors (Lipinski definition) is 3. The fraction of sp³-hybridized carbons (Fsp3) is 0.372. The van der Waals surface area contributed by atoms with Gasteiger partial charge in [-0.2, -0.15) is 0 Å². The lowest BCUT2D eigenvalue weighted by Gasteiger charge is -2.39. The van der Waals surface area contributed by atoms with Crippen molar-refractivity contribution in [2.75, 3.05) is 61.8 Å². The molecule has 5 heterocycles. The standard InChI is InChI=1S/C43H45N5O4/c1-46(30-14-12-29(44)13-15-30)18-6-17-45-42(49)28-11-16-31(43(50)51)34(25-28)37-35-23-26-7-2-19-47-21-4-9-32(38(26)47)40(35)52-41-33-10-5-22-48-20-3-8-27(39(33)48)24-36(37)41/h11-16,23-25H,2-10,17-22,44H2,1H3,(H-,45,49,50,51)/p+1. The van der Waals surface area contributed by atoms with E-state index in [9.17, 15) is 14.7 Å². The first-order chi connectivity index (χ1) is 25.4. The third-order valence-electron chi connectivity index (χ3n) is 11.8. The van der Waals surface area contributed by atoms with Crippen LogP contribution in [-0.4, -0.2) is 63.3 Å². The van der Waals surface area contributed by atoms with E-state index in [0.29, 0.717) is 17.7 Å². The van der Waals surface area contributed by atoms with Crippen LogP contribution in [0, 0.1) is 0 Å². The predicted molar refractivity (Wildman–Crippen MR) is 205 cm³/mol. The number of carboxylic acid groups (broad SMARTS) is 1. The molecule has 0 aromatic heterocycles. The van der Waals surface area contributed by atoms with E-state index in [1.807, 2.05) is 37.4 Å². The van der Waals surface area contributed by atoms with Gasteiger partial charge in [-0.3, -0.25) is 4.79 Å². The van der Waals surface area contributed by atoms with E-state index in [-0.39, 0.29) is 11.5 Å². The number of rotatable bonds is 8. The number of benzene rings is 4. The molecular formula is C43H46N5O4+. The van der Waals surface area contributed by atoms with Gasteiger partial charge in [0, 0.05) is 96.2 Å². The number of ether oxygens (including phenoxy) is 1. The molecule has 0 fully saturated rings. The topological polar surface area (TPSA) is 111 Å². The highest BCUT2D eigenvalue weighted by Crippen LogP contribution is 2.49. The Balaban J connectivity index is 1.16. The van der Waals surface area contributed by atoms with Gasteiger partial charge in [0.1, 0.15) is 24.6 Å². The summed E-state index contributed by atoms with van der Waals surface area (Å²) in [5, 5.41) is 16.0. The van der Waals surface area contributed by atoms with Gasteiger partial charge >= 0.3 is 5.97 Å². The highest BCUT2D eigenvalue weighted by molar-refractivity contribution is 6.02. The molecule has 0 saturated heterocycles. The van der Waals surface area contributed by atoms with Gasteiger partial charge in [0.05, 0.1) is 11.1 Å². The summed E-state index contributed by atoms with van der Waals surface area (Å²) >= 11 is 0. The van der Waals surface area contributed by atoms with Crippen molar-refractivity contribution in [3.05, 3.63) is 110 Å². The van der Waals surface area contributed by atoms with Gasteiger partial charge in [0.25, 0.3) is 5.91 Å². The first-order valence-electron chi connectivity index (χ1n) is 19.0. The van der Waals surface area contributed by atoms with E-state index in [2.05, 4.69) is 31.8 Å². The van der Waals surface area contributed by atoms with Gasteiger partial charge in [-0.05, 0) is 111 Å². The quantitative estimate of drug-likeness (QED) is 0.123. The van der Waals surface area contributed by atoms with E-state index in [4.69, 9.17) is 10.5 Å². The number of aryl methyl sites for hydroxylation is 2. The van der Waals surface area contributed by atoms with Gasteiger partial charge in [-0.1, -0.05) is 0 Å². The maximum atomic E-state index is 13.7. The first kappa shape index (κ1) is 32.6. The lowest BCUT2D eigenvalue weighted by Crippen LogP contribution is -2.45. The number of aromatic carboxylic acids is 1. The smallest absolute Gasteiger partial charge is 0.336 e. The Kier molecular flexibility index (Phi) is 8.16. The van der Waals surface area contributed by atoms with Crippen LogP contribution in [0.3, 0.4) is 0 Å². The number of nitrogens with one attached hydrogen (secondary N) is 1. The fourth-order valence-electron chi connectivity index (χ4n) is 9.36. The van der Waals surface area contributed by atoms with Crippen molar-refractivity contribution in [2.45, 2.75) is 57.8 Å². The van der Waals surface area contributed by atoms with E-state index >= 15 is 0 Å². The van der Waals surface area contributed by atoms with E-state index in [0.717, 1.165) is 130 Å². The normalized spacial score (nSPS) is 16.6. The molecule has 0 saturated carbocycles. The van der Waals surface area contributed by atoms with E-state index in [1.165, 1.54) is 33.3 Å². The van der Waals surface area contributed by atoms with Crippen molar-refractivity contribution < 1.29 is 19.4 Å². The average molecular weight is 697 g/mol. The second-order valence-electron chi connectivity index (χ2n) is 15.0. The molecule has 0 bridgehead atoms. The summed E-state index contributed by atoms with van der Waals surface area (Å²) < 4.78 is 9.68. The Morgan fingerprint density at radius 3 is 2.44 bits per heavy atom. The van der Waals surface area contributed by atoms with Crippen molar-refractivity contribution in [3.63, 3.8) is 0 Å². The molecule has 1 amide bonds. The van der Waals surface area contributed by atoms with Crippen molar-refractivity contribution in [1.82, 2.24) is 9.89 Å². The molecule has 5 aliphatic rings. The van der Waals surface area contributed by atoms with Crippen LogP contribution in [0.25, 0.3) is 5.57 Å². The van der Waals surface area contributed by atoms with Crippen LogP contribution in [-0.2, 0) is 25.7 Å². The maximum Gasteiger partial charge on any atom is 0.336 e. The predicted octanol–water partition coefficient (Wildman–Crippen LogP) is 4.66. The zero-order valence-corrected chi connectivity index (χ0v) is 29.9. The van der Waals surface area contributed by atoms with Crippen molar-refractivity contribution in [1.29, 1.82) is 0 Å². The van der Waals surface area contributed by atoms with Crippen molar-refractivity contribution in [2.24, 2.45) is 0 Å². The Bertz CT molecular complexity index is 2270. The number of nitrogens with two attached hydrogens (primary N) is 1. The van der Waals surface area contributed by atoms with Crippen LogP contribution < -0.4 is 40.7 Å². The minimum Gasteiger partial charge on any atom is -0.478 e. The summed E-state index contributed by atoms with van der Waals surface area (Å²) in [4.78, 5) is 31.4. The lowest BCUT2D eigenvalue weighted by atomic mass is 9.81. The lowest BCUT2D eigenvalue weighted by molar-refractivity contribution is 0.0696. The van der Waals surface area contributed by atoms with Gasteiger partial charge in [-0.25, -0.2) is 9.37 Å². The number of carbonyl (C=O) groups is 2. The maximum absolute atomic E-state index is 13.7. The van der Waals surface area contributed by atoms with Gasteiger partial charge < -0.3 is 30.7 Å². The van der Waals surface area contributed by atoms with Gasteiger partial charge in [0.2, 0.25) is 5.36 Å². The number of amides is 1. The molecule has 4 aromatic carbocycles. The van der Waals surface area contributed by atoms with E-state index in [1.54, 1.807) is 12.1 Å². The Morgan fingerprint density at radius 2 is 1.63 bits per heavy atom. The third-order valence-corrected chi connectivity index (χ3v) is 11.8. The molecule has 4 N–H and O–H groups in total. The molecule has 9 nitrogen and oxygen atoms in total. The zero-order valence-electron chi connectivity index (χ0n) is 29.9. The summed E-state index contributed by atoms with van der Waals surface area (Å²) in [5.41, 5.74) is 17.1. The zero-order chi connectivity index (χ0) is 35.5. The molecule has 52 heavy (non-hydrogen) atoms. The minimum atomic E-state index is -1.01. The third kappa shape index (κ3) is 5.49. The summed E-state index contributed by atoms with van der Waals surface area (Å²) in [5.74, 6) is 0.515. The van der Waals surface area contributed by atoms with Crippen molar-refractivity contribution in [3.8, 4) is 11.5 Å². The van der Waals surface area contributed by atoms with Crippen LogP contribution in [0.5, 0.6) is 11.5 Å². The van der Waals surface area contributed by atoms with Crippen molar-refractivity contribution >= 4 is 34.5 Å². The second kappa shape index (κ2) is 13.0. The van der Waals surface area contributed by atoms with Crippen LogP contribution >= 0.6 is 0 Å². The number of carbonyl (C=O) groups excluding carboxylic acids is 1. The average Bonchev–Trinajstić information content (AvgIpc) is 3.16. The highest BCUT2D eigenvalue weighted by Gasteiger charge is 2.36. The molecule has 5 aliphatic heterocycles. The monoisotopic (exact) mass is 696 g/mol. The summed E-state index contributed by atoms with van der Waals surface area (Å²) in [6.45, 7) is 5.46. The molecule has 4 aromatic rings. The second-order valence-corrected chi connectivity index (χ2v) is 15.0. The number of nitrogens with zero attached hydrogens (tertiary/aromatic N) is 3. The summed E-state index contributed by atoms with van der Waals surface area (Å²) in [6, 6.07) is 17.4. The summed E-state index contributed by atoms with van der Waals surface area (Å²) in [7, 11) is 2.02. The van der Waals surface area contributed by atoms with Crippen LogP contribution in [0.4, 0.5) is 17.1 Å².